The van der Waals surface area contributed by atoms with Crippen LogP contribution >= 0.6 is 11.3 Å². The van der Waals surface area contributed by atoms with E-state index >= 15 is 0 Å². The minimum atomic E-state index is 1.11. The van der Waals surface area contributed by atoms with Crippen molar-refractivity contribution in [3.8, 4) is 0 Å². The number of hydrogen-bond donors (Lipinski definition) is 0. The van der Waals surface area contributed by atoms with Crippen LogP contribution in [0.25, 0.3) is 16.0 Å². The van der Waals surface area contributed by atoms with Crippen molar-refractivity contribution in [3.05, 3.63) is 35.3 Å². The lowest BCUT2D eigenvalue weighted by Crippen LogP contribution is -1.92. The fraction of sp³-hybridized carbons (Fsp3) is 0.471. The molecule has 2 heterocycles. The number of thiazole rings is 1. The van der Waals surface area contributed by atoms with Gasteiger partial charge in [-0.15, -0.1) is 11.3 Å². The number of aromatic nitrogens is 2. The molecule has 3 heteroatoms. The van der Waals surface area contributed by atoms with Gasteiger partial charge in [-0.05, 0) is 25.0 Å². The Bertz CT molecular complexity index is 680. The maximum absolute atomic E-state index is 4.69. The van der Waals surface area contributed by atoms with Gasteiger partial charge in [-0.3, -0.25) is 4.40 Å². The Balaban J connectivity index is 1.69. The number of benzene rings is 1. The largest absolute Gasteiger partial charge is 0.287 e. The third-order valence-electron chi connectivity index (χ3n) is 3.90. The fourth-order valence-electron chi connectivity index (χ4n) is 2.79. The summed E-state index contributed by atoms with van der Waals surface area (Å²) in [6.45, 7) is 2.27. The molecule has 0 atom stereocenters. The SMILES string of the molecule is CCCCCCCCc1csc2nc3ccccc3n12. The smallest absolute Gasteiger partial charge is 0.194 e. The Morgan fingerprint density at radius 3 is 2.75 bits per heavy atom. The van der Waals surface area contributed by atoms with Gasteiger partial charge in [-0.1, -0.05) is 51.2 Å². The van der Waals surface area contributed by atoms with Gasteiger partial charge in [-0.25, -0.2) is 4.98 Å². The lowest BCUT2D eigenvalue weighted by Gasteiger charge is -2.02. The first-order valence-electron chi connectivity index (χ1n) is 7.73. The summed E-state index contributed by atoms with van der Waals surface area (Å²) in [5, 5.41) is 2.28. The molecular formula is C17H22N2S. The van der Waals surface area contributed by atoms with Crippen molar-refractivity contribution in [2.45, 2.75) is 51.9 Å². The average molecular weight is 286 g/mol. The Morgan fingerprint density at radius 2 is 1.85 bits per heavy atom. The molecule has 2 nitrogen and oxygen atoms in total. The van der Waals surface area contributed by atoms with Gasteiger partial charge in [-0.2, -0.15) is 0 Å². The van der Waals surface area contributed by atoms with Crippen molar-refractivity contribution >= 4 is 27.3 Å². The van der Waals surface area contributed by atoms with Crippen LogP contribution in [0.15, 0.2) is 29.6 Å². The van der Waals surface area contributed by atoms with Crippen molar-refractivity contribution in [3.63, 3.8) is 0 Å². The zero-order valence-electron chi connectivity index (χ0n) is 12.1. The van der Waals surface area contributed by atoms with Gasteiger partial charge < -0.3 is 0 Å². The average Bonchev–Trinajstić information content (AvgIpc) is 3.02. The molecule has 2 aromatic heterocycles. The molecule has 20 heavy (non-hydrogen) atoms. The van der Waals surface area contributed by atoms with Gasteiger partial charge in [0.2, 0.25) is 0 Å². The molecule has 0 amide bonds. The third-order valence-corrected chi connectivity index (χ3v) is 4.78. The van der Waals surface area contributed by atoms with E-state index < -0.39 is 0 Å². The molecule has 106 valence electrons. The minimum Gasteiger partial charge on any atom is -0.287 e. The summed E-state index contributed by atoms with van der Waals surface area (Å²) in [4.78, 5) is 5.82. The predicted molar refractivity (Wildman–Crippen MR) is 87.7 cm³/mol. The van der Waals surface area contributed by atoms with E-state index in [0.29, 0.717) is 0 Å². The van der Waals surface area contributed by atoms with Gasteiger partial charge in [0.05, 0.1) is 11.0 Å². The van der Waals surface area contributed by atoms with Crippen molar-refractivity contribution < 1.29 is 0 Å². The first kappa shape index (κ1) is 13.6. The molecule has 0 aliphatic carbocycles. The van der Waals surface area contributed by atoms with Crippen LogP contribution in [0, 0.1) is 0 Å². The number of imidazole rings is 1. The zero-order chi connectivity index (χ0) is 13.8. The standard InChI is InChI=1S/C17H22N2S/c1-2-3-4-5-6-7-10-14-13-20-17-18-15-11-8-9-12-16(15)19(14)17/h8-9,11-13H,2-7,10H2,1H3. The molecule has 0 bridgehead atoms. The van der Waals surface area contributed by atoms with Crippen LogP contribution in [-0.4, -0.2) is 9.38 Å². The lowest BCUT2D eigenvalue weighted by atomic mass is 10.1. The number of hydrogen-bond acceptors (Lipinski definition) is 2. The summed E-state index contributed by atoms with van der Waals surface area (Å²) in [6, 6.07) is 8.44. The van der Waals surface area contributed by atoms with E-state index in [1.54, 1.807) is 11.3 Å². The van der Waals surface area contributed by atoms with E-state index in [1.165, 1.54) is 56.2 Å². The van der Waals surface area contributed by atoms with Gasteiger partial charge in [0.25, 0.3) is 0 Å². The summed E-state index contributed by atoms with van der Waals surface area (Å²) in [6.07, 6.45) is 9.30. The summed E-state index contributed by atoms with van der Waals surface area (Å²) in [7, 11) is 0. The Morgan fingerprint density at radius 1 is 1.05 bits per heavy atom. The topological polar surface area (TPSA) is 17.3 Å². The molecule has 0 N–H and O–H groups in total. The first-order valence-corrected chi connectivity index (χ1v) is 8.61. The molecule has 3 aromatic rings. The van der Waals surface area contributed by atoms with Crippen molar-refractivity contribution in [1.82, 2.24) is 9.38 Å². The number of nitrogens with zero attached hydrogens (tertiary/aromatic N) is 2. The van der Waals surface area contributed by atoms with Gasteiger partial charge in [0.1, 0.15) is 0 Å². The number of aryl methyl sites for hydroxylation is 1. The molecule has 0 radical (unpaired) electrons. The highest BCUT2D eigenvalue weighted by Crippen LogP contribution is 2.24. The van der Waals surface area contributed by atoms with Crippen LogP contribution in [0.2, 0.25) is 0 Å². The van der Waals surface area contributed by atoms with E-state index in [0.717, 1.165) is 10.5 Å². The summed E-state index contributed by atoms with van der Waals surface area (Å²) in [5.41, 5.74) is 3.79. The van der Waals surface area contributed by atoms with Crippen LogP contribution < -0.4 is 0 Å². The highest BCUT2D eigenvalue weighted by molar-refractivity contribution is 7.15. The molecule has 3 rings (SSSR count). The number of rotatable bonds is 7. The van der Waals surface area contributed by atoms with Crippen LogP contribution in [-0.2, 0) is 6.42 Å². The quantitative estimate of drug-likeness (QED) is 0.528. The fourth-order valence-corrected chi connectivity index (χ4v) is 3.73. The highest BCUT2D eigenvalue weighted by atomic mass is 32.1. The Labute approximate surface area is 124 Å². The summed E-state index contributed by atoms with van der Waals surface area (Å²) < 4.78 is 2.34. The molecule has 0 unspecified atom stereocenters. The molecule has 1 aromatic carbocycles. The third kappa shape index (κ3) is 2.73. The van der Waals surface area contributed by atoms with Crippen molar-refractivity contribution in [2.24, 2.45) is 0 Å². The molecule has 0 spiro atoms. The summed E-state index contributed by atoms with van der Waals surface area (Å²) in [5.74, 6) is 0. The second kappa shape index (κ2) is 6.40. The van der Waals surface area contributed by atoms with E-state index in [1.807, 2.05) is 0 Å². The Hall–Kier alpha value is -1.35. The number of para-hydroxylation sites is 2. The van der Waals surface area contributed by atoms with E-state index in [-0.39, 0.29) is 0 Å². The molecule has 0 aliphatic heterocycles. The van der Waals surface area contributed by atoms with Crippen LogP contribution in [0.3, 0.4) is 0 Å². The van der Waals surface area contributed by atoms with Crippen LogP contribution in [0.4, 0.5) is 0 Å². The number of unbranched alkanes of at least 4 members (excludes halogenated alkanes) is 5. The highest BCUT2D eigenvalue weighted by Gasteiger charge is 2.09. The van der Waals surface area contributed by atoms with Crippen molar-refractivity contribution in [1.29, 1.82) is 0 Å². The van der Waals surface area contributed by atoms with E-state index in [2.05, 4.69) is 46.0 Å². The lowest BCUT2D eigenvalue weighted by molar-refractivity contribution is 0.604. The molecule has 0 saturated heterocycles. The maximum Gasteiger partial charge on any atom is 0.194 e. The minimum absolute atomic E-state index is 1.11. The van der Waals surface area contributed by atoms with Crippen molar-refractivity contribution in [2.75, 3.05) is 0 Å². The van der Waals surface area contributed by atoms with E-state index in [9.17, 15) is 0 Å². The Kier molecular flexibility index (Phi) is 4.36. The molecule has 0 aliphatic rings. The second-order valence-electron chi connectivity index (χ2n) is 5.46. The van der Waals surface area contributed by atoms with Gasteiger partial charge >= 0.3 is 0 Å². The molecule has 0 saturated carbocycles. The first-order chi connectivity index (χ1) is 9.90. The predicted octanol–water partition coefficient (Wildman–Crippen LogP) is 5.45. The zero-order valence-corrected chi connectivity index (χ0v) is 13.0. The van der Waals surface area contributed by atoms with Gasteiger partial charge in [0, 0.05) is 11.1 Å². The number of fused-ring (bicyclic) bond motifs is 3. The normalized spacial score (nSPS) is 11.7. The second-order valence-corrected chi connectivity index (χ2v) is 6.30. The maximum atomic E-state index is 4.69. The van der Waals surface area contributed by atoms with E-state index in [4.69, 9.17) is 0 Å². The van der Waals surface area contributed by atoms with Crippen LogP contribution in [0.1, 0.15) is 51.1 Å². The molecular weight excluding hydrogens is 264 g/mol. The summed E-state index contributed by atoms with van der Waals surface area (Å²) >= 11 is 1.76. The van der Waals surface area contributed by atoms with Gasteiger partial charge in [0.15, 0.2) is 4.96 Å². The van der Waals surface area contributed by atoms with Crippen LogP contribution in [0.5, 0.6) is 0 Å². The molecule has 0 fully saturated rings. The monoisotopic (exact) mass is 286 g/mol.